The Morgan fingerprint density at radius 1 is 1.08 bits per heavy atom. The van der Waals surface area contributed by atoms with Crippen LogP contribution in [0.15, 0.2) is 59.3 Å². The molecule has 1 aliphatic heterocycles. The number of hydrogen-bond donors (Lipinski definition) is 0. The first-order valence-corrected chi connectivity index (χ1v) is 8.85. The Bertz CT molecular complexity index is 1090. The molecule has 1 atom stereocenters. The summed E-state index contributed by atoms with van der Waals surface area (Å²) in [5, 5.41) is 1.03. The molecule has 26 heavy (non-hydrogen) atoms. The average molecular weight is 345 g/mol. The number of fused-ring (bicyclic) bond motifs is 3. The zero-order valence-corrected chi connectivity index (χ0v) is 14.6. The van der Waals surface area contributed by atoms with Crippen LogP contribution >= 0.6 is 0 Å². The Labute approximate surface area is 151 Å². The summed E-state index contributed by atoms with van der Waals surface area (Å²) in [5.74, 6) is 2.25. The smallest absolute Gasteiger partial charge is 0.196 e. The van der Waals surface area contributed by atoms with E-state index < -0.39 is 0 Å². The van der Waals surface area contributed by atoms with Gasteiger partial charge in [0, 0.05) is 24.4 Å². The van der Waals surface area contributed by atoms with Gasteiger partial charge in [0.05, 0.1) is 7.11 Å². The van der Waals surface area contributed by atoms with Crippen molar-refractivity contribution in [3.63, 3.8) is 0 Å². The minimum Gasteiger partial charge on any atom is -0.496 e. The van der Waals surface area contributed by atoms with E-state index in [4.69, 9.17) is 9.15 Å². The van der Waals surface area contributed by atoms with Gasteiger partial charge >= 0.3 is 0 Å². The predicted molar refractivity (Wildman–Crippen MR) is 102 cm³/mol. The van der Waals surface area contributed by atoms with Crippen LogP contribution in [-0.2, 0) is 0 Å². The van der Waals surface area contributed by atoms with Crippen molar-refractivity contribution in [1.29, 1.82) is 0 Å². The second-order valence-corrected chi connectivity index (χ2v) is 6.65. The van der Waals surface area contributed by atoms with Gasteiger partial charge in [0.15, 0.2) is 11.4 Å². The number of rotatable bonds is 3. The summed E-state index contributed by atoms with van der Waals surface area (Å²) in [7, 11) is 1.73. The number of anilines is 1. The number of benzene rings is 2. The standard InChI is InChI=1S/C21H19N3O2/c1-25-17-8-4-2-6-15(17)14-10-11-24(12-14)21-20-19(22-13-23-21)16-7-3-5-9-18(16)26-20/h2-9,13-14H,10-12H2,1H3. The Balaban J connectivity index is 1.53. The Kier molecular flexibility index (Phi) is 3.52. The summed E-state index contributed by atoms with van der Waals surface area (Å²) < 4.78 is 11.6. The summed E-state index contributed by atoms with van der Waals surface area (Å²) in [4.78, 5) is 11.3. The number of aromatic nitrogens is 2. The molecular weight excluding hydrogens is 326 g/mol. The Hall–Kier alpha value is -3.08. The first-order chi connectivity index (χ1) is 12.8. The van der Waals surface area contributed by atoms with Gasteiger partial charge in [-0.25, -0.2) is 9.97 Å². The van der Waals surface area contributed by atoms with E-state index in [-0.39, 0.29) is 0 Å². The molecule has 0 amide bonds. The fourth-order valence-corrected chi connectivity index (χ4v) is 3.95. The van der Waals surface area contributed by atoms with Crippen molar-refractivity contribution in [1.82, 2.24) is 9.97 Å². The first kappa shape index (κ1) is 15.2. The van der Waals surface area contributed by atoms with Crippen molar-refractivity contribution in [3.05, 3.63) is 60.4 Å². The van der Waals surface area contributed by atoms with Crippen LogP contribution in [0.25, 0.3) is 22.1 Å². The number of methoxy groups -OCH3 is 1. The van der Waals surface area contributed by atoms with Gasteiger partial charge in [-0.2, -0.15) is 0 Å². The van der Waals surface area contributed by atoms with Gasteiger partial charge in [0.1, 0.15) is 23.2 Å². The molecule has 0 saturated carbocycles. The molecule has 2 aromatic heterocycles. The lowest BCUT2D eigenvalue weighted by molar-refractivity contribution is 0.406. The lowest BCUT2D eigenvalue weighted by Gasteiger charge is -2.18. The van der Waals surface area contributed by atoms with E-state index >= 15 is 0 Å². The van der Waals surface area contributed by atoms with Crippen LogP contribution < -0.4 is 9.64 Å². The van der Waals surface area contributed by atoms with E-state index in [2.05, 4.69) is 27.0 Å². The minimum atomic E-state index is 0.417. The minimum absolute atomic E-state index is 0.417. The van der Waals surface area contributed by atoms with E-state index in [1.165, 1.54) is 5.56 Å². The van der Waals surface area contributed by atoms with Crippen molar-refractivity contribution in [2.24, 2.45) is 0 Å². The molecule has 1 unspecified atom stereocenters. The fraction of sp³-hybridized carbons (Fsp3) is 0.238. The first-order valence-electron chi connectivity index (χ1n) is 8.85. The Morgan fingerprint density at radius 3 is 2.85 bits per heavy atom. The highest BCUT2D eigenvalue weighted by Crippen LogP contribution is 2.38. The fourth-order valence-electron chi connectivity index (χ4n) is 3.95. The second kappa shape index (κ2) is 6.02. The van der Waals surface area contributed by atoms with Gasteiger partial charge in [-0.3, -0.25) is 0 Å². The third-order valence-corrected chi connectivity index (χ3v) is 5.21. The van der Waals surface area contributed by atoms with E-state index in [0.29, 0.717) is 5.92 Å². The van der Waals surface area contributed by atoms with Crippen molar-refractivity contribution >= 4 is 27.9 Å². The molecule has 0 N–H and O–H groups in total. The third-order valence-electron chi connectivity index (χ3n) is 5.21. The monoisotopic (exact) mass is 345 g/mol. The van der Waals surface area contributed by atoms with Gasteiger partial charge in [-0.05, 0) is 30.2 Å². The van der Waals surface area contributed by atoms with Crippen LogP contribution in [0.5, 0.6) is 5.75 Å². The summed E-state index contributed by atoms with van der Waals surface area (Å²) in [6.45, 7) is 1.83. The molecule has 0 bridgehead atoms. The maximum atomic E-state index is 6.09. The van der Waals surface area contributed by atoms with Crippen LogP contribution in [0.2, 0.25) is 0 Å². The number of para-hydroxylation sites is 2. The molecule has 1 fully saturated rings. The van der Waals surface area contributed by atoms with E-state index in [9.17, 15) is 0 Å². The zero-order chi connectivity index (χ0) is 17.5. The molecule has 1 aliphatic rings. The molecule has 0 spiro atoms. The van der Waals surface area contributed by atoms with Crippen molar-refractivity contribution < 1.29 is 9.15 Å². The molecule has 1 saturated heterocycles. The van der Waals surface area contributed by atoms with Crippen LogP contribution in [-0.4, -0.2) is 30.2 Å². The number of ether oxygens (including phenoxy) is 1. The lowest BCUT2D eigenvalue weighted by atomic mass is 9.97. The highest BCUT2D eigenvalue weighted by molar-refractivity contribution is 6.05. The number of hydrogen-bond acceptors (Lipinski definition) is 5. The van der Waals surface area contributed by atoms with Gasteiger partial charge in [0.25, 0.3) is 0 Å². The highest BCUT2D eigenvalue weighted by atomic mass is 16.5. The summed E-state index contributed by atoms with van der Waals surface area (Å²) in [5.41, 5.74) is 3.76. The maximum absolute atomic E-state index is 6.09. The summed E-state index contributed by atoms with van der Waals surface area (Å²) in [6.07, 6.45) is 2.70. The summed E-state index contributed by atoms with van der Waals surface area (Å²) >= 11 is 0. The van der Waals surface area contributed by atoms with Gasteiger partial charge < -0.3 is 14.1 Å². The second-order valence-electron chi connectivity index (χ2n) is 6.65. The van der Waals surface area contributed by atoms with Crippen molar-refractivity contribution in [2.45, 2.75) is 12.3 Å². The molecule has 5 heteroatoms. The van der Waals surface area contributed by atoms with Gasteiger partial charge in [-0.15, -0.1) is 0 Å². The van der Waals surface area contributed by atoms with Crippen LogP contribution in [0.3, 0.4) is 0 Å². The van der Waals surface area contributed by atoms with E-state index in [1.807, 2.05) is 36.4 Å². The molecule has 4 aromatic rings. The van der Waals surface area contributed by atoms with Crippen LogP contribution in [0.1, 0.15) is 17.9 Å². The van der Waals surface area contributed by atoms with Crippen LogP contribution in [0.4, 0.5) is 5.82 Å². The molecule has 5 nitrogen and oxygen atoms in total. The molecule has 0 aliphatic carbocycles. The lowest BCUT2D eigenvalue weighted by Crippen LogP contribution is -2.20. The molecule has 5 rings (SSSR count). The molecular formula is C21H19N3O2. The van der Waals surface area contributed by atoms with E-state index in [1.54, 1.807) is 13.4 Å². The highest BCUT2D eigenvalue weighted by Gasteiger charge is 2.29. The zero-order valence-electron chi connectivity index (χ0n) is 14.6. The SMILES string of the molecule is COc1ccccc1C1CCN(c2ncnc3c2oc2ccccc23)C1. The Morgan fingerprint density at radius 2 is 1.92 bits per heavy atom. The quantitative estimate of drug-likeness (QED) is 0.551. The molecule has 130 valence electrons. The van der Waals surface area contributed by atoms with Crippen molar-refractivity contribution in [2.75, 3.05) is 25.1 Å². The predicted octanol–water partition coefficient (Wildman–Crippen LogP) is 4.38. The van der Waals surface area contributed by atoms with Crippen molar-refractivity contribution in [3.8, 4) is 5.75 Å². The third kappa shape index (κ3) is 2.31. The van der Waals surface area contributed by atoms with Gasteiger partial charge in [0.2, 0.25) is 0 Å². The van der Waals surface area contributed by atoms with E-state index in [0.717, 1.165) is 53.1 Å². The number of furan rings is 1. The van der Waals surface area contributed by atoms with Gasteiger partial charge in [-0.1, -0.05) is 30.3 Å². The molecule has 0 radical (unpaired) electrons. The number of nitrogens with zero attached hydrogens (tertiary/aromatic N) is 3. The topological polar surface area (TPSA) is 51.4 Å². The average Bonchev–Trinajstić information content (AvgIpc) is 3.32. The molecule has 3 heterocycles. The molecule has 2 aromatic carbocycles. The normalized spacial score (nSPS) is 17.3. The van der Waals surface area contributed by atoms with Crippen LogP contribution in [0, 0.1) is 0 Å². The maximum Gasteiger partial charge on any atom is 0.196 e. The summed E-state index contributed by atoms with van der Waals surface area (Å²) in [6, 6.07) is 16.3. The largest absolute Gasteiger partial charge is 0.496 e.